The van der Waals surface area contributed by atoms with Crippen LogP contribution in [0.1, 0.15) is 46.1 Å². The SMILES string of the molecule is CCC(CC)N(CC(C)C)c1ccc(N)cc1C#N. The van der Waals surface area contributed by atoms with Crippen molar-refractivity contribution in [3.63, 3.8) is 0 Å². The summed E-state index contributed by atoms with van der Waals surface area (Å²) >= 11 is 0. The number of nitriles is 1. The van der Waals surface area contributed by atoms with Crippen LogP contribution in [0.25, 0.3) is 0 Å². The molecule has 1 rings (SSSR count). The number of rotatable bonds is 6. The third kappa shape index (κ3) is 3.89. The smallest absolute Gasteiger partial charge is 0.101 e. The van der Waals surface area contributed by atoms with Gasteiger partial charge in [0.15, 0.2) is 0 Å². The maximum atomic E-state index is 9.32. The van der Waals surface area contributed by atoms with Crippen LogP contribution in [-0.4, -0.2) is 12.6 Å². The van der Waals surface area contributed by atoms with E-state index in [0.717, 1.165) is 25.1 Å². The Hall–Kier alpha value is -1.69. The van der Waals surface area contributed by atoms with Crippen molar-refractivity contribution in [3.8, 4) is 6.07 Å². The average Bonchev–Trinajstić information content (AvgIpc) is 2.38. The molecule has 0 bridgehead atoms. The largest absolute Gasteiger partial charge is 0.399 e. The van der Waals surface area contributed by atoms with Crippen LogP contribution in [0.5, 0.6) is 0 Å². The molecule has 19 heavy (non-hydrogen) atoms. The summed E-state index contributed by atoms with van der Waals surface area (Å²) in [5.41, 5.74) is 8.11. The van der Waals surface area contributed by atoms with Gasteiger partial charge >= 0.3 is 0 Å². The number of hydrogen-bond acceptors (Lipinski definition) is 3. The Kier molecular flexibility index (Phi) is 5.69. The van der Waals surface area contributed by atoms with Crippen molar-refractivity contribution in [2.75, 3.05) is 17.2 Å². The zero-order valence-electron chi connectivity index (χ0n) is 12.5. The average molecular weight is 259 g/mol. The van der Waals surface area contributed by atoms with E-state index in [4.69, 9.17) is 5.73 Å². The Balaban J connectivity index is 3.20. The standard InChI is InChI=1S/C16H25N3/c1-5-15(6-2)19(11-12(3)4)16-8-7-14(18)9-13(16)10-17/h7-9,12,15H,5-6,11,18H2,1-4H3. The summed E-state index contributed by atoms with van der Waals surface area (Å²) in [5, 5.41) is 9.32. The minimum Gasteiger partial charge on any atom is -0.399 e. The molecule has 0 aliphatic rings. The van der Waals surface area contributed by atoms with Gasteiger partial charge in [-0.05, 0) is 37.0 Å². The predicted molar refractivity (Wildman–Crippen MR) is 82.1 cm³/mol. The highest BCUT2D eigenvalue weighted by Crippen LogP contribution is 2.27. The first-order chi connectivity index (χ1) is 9.03. The molecular formula is C16H25N3. The summed E-state index contributed by atoms with van der Waals surface area (Å²) in [5.74, 6) is 0.560. The van der Waals surface area contributed by atoms with E-state index in [0.29, 0.717) is 23.2 Å². The van der Waals surface area contributed by atoms with E-state index in [9.17, 15) is 5.26 Å². The van der Waals surface area contributed by atoms with Gasteiger partial charge in [0.1, 0.15) is 6.07 Å². The van der Waals surface area contributed by atoms with Crippen LogP contribution in [0.2, 0.25) is 0 Å². The van der Waals surface area contributed by atoms with Crippen molar-refractivity contribution >= 4 is 11.4 Å². The van der Waals surface area contributed by atoms with Gasteiger partial charge in [-0.15, -0.1) is 0 Å². The molecule has 1 aromatic rings. The summed E-state index contributed by atoms with van der Waals surface area (Å²) in [6, 6.07) is 8.37. The molecule has 1 aromatic carbocycles. The number of nitrogens with zero attached hydrogens (tertiary/aromatic N) is 2. The van der Waals surface area contributed by atoms with Gasteiger partial charge in [-0.25, -0.2) is 0 Å². The highest BCUT2D eigenvalue weighted by molar-refractivity contribution is 5.64. The van der Waals surface area contributed by atoms with E-state index >= 15 is 0 Å². The van der Waals surface area contributed by atoms with Crippen molar-refractivity contribution in [3.05, 3.63) is 23.8 Å². The third-order valence-corrected chi connectivity index (χ3v) is 3.40. The number of nitrogen functional groups attached to an aromatic ring is 1. The van der Waals surface area contributed by atoms with Gasteiger partial charge in [0.05, 0.1) is 11.3 Å². The first-order valence-electron chi connectivity index (χ1n) is 7.09. The first-order valence-corrected chi connectivity index (χ1v) is 7.09. The lowest BCUT2D eigenvalue weighted by Crippen LogP contribution is -2.37. The topological polar surface area (TPSA) is 53.0 Å². The molecule has 0 aliphatic heterocycles. The lowest BCUT2D eigenvalue weighted by molar-refractivity contribution is 0.507. The molecule has 0 atom stereocenters. The van der Waals surface area contributed by atoms with Crippen LogP contribution >= 0.6 is 0 Å². The monoisotopic (exact) mass is 259 g/mol. The van der Waals surface area contributed by atoms with Gasteiger partial charge in [0.2, 0.25) is 0 Å². The maximum absolute atomic E-state index is 9.32. The van der Waals surface area contributed by atoms with Gasteiger partial charge in [-0.1, -0.05) is 27.7 Å². The molecular weight excluding hydrogens is 234 g/mol. The lowest BCUT2D eigenvalue weighted by atomic mass is 10.0. The van der Waals surface area contributed by atoms with Gasteiger partial charge in [0.25, 0.3) is 0 Å². The predicted octanol–water partition coefficient (Wildman–Crippen LogP) is 3.79. The van der Waals surface area contributed by atoms with Crippen molar-refractivity contribution in [2.45, 2.75) is 46.6 Å². The van der Waals surface area contributed by atoms with Gasteiger partial charge in [-0.3, -0.25) is 0 Å². The van der Waals surface area contributed by atoms with E-state index in [2.05, 4.69) is 38.7 Å². The molecule has 0 radical (unpaired) electrons. The lowest BCUT2D eigenvalue weighted by Gasteiger charge is -2.34. The highest BCUT2D eigenvalue weighted by atomic mass is 15.2. The Morgan fingerprint density at radius 2 is 1.89 bits per heavy atom. The molecule has 2 N–H and O–H groups in total. The number of benzene rings is 1. The van der Waals surface area contributed by atoms with E-state index in [1.54, 1.807) is 6.07 Å². The molecule has 0 aromatic heterocycles. The fourth-order valence-corrected chi connectivity index (χ4v) is 2.46. The van der Waals surface area contributed by atoms with Crippen LogP contribution in [0.15, 0.2) is 18.2 Å². The number of hydrogen-bond donors (Lipinski definition) is 1. The molecule has 104 valence electrons. The molecule has 0 spiro atoms. The fourth-order valence-electron chi connectivity index (χ4n) is 2.46. The van der Waals surface area contributed by atoms with E-state index in [1.165, 1.54) is 0 Å². The normalized spacial score (nSPS) is 10.8. The summed E-state index contributed by atoms with van der Waals surface area (Å²) in [4.78, 5) is 2.36. The van der Waals surface area contributed by atoms with E-state index in [1.807, 2.05) is 12.1 Å². The molecule has 0 saturated heterocycles. The quantitative estimate of drug-likeness (QED) is 0.791. The van der Waals surface area contributed by atoms with Gasteiger partial charge < -0.3 is 10.6 Å². The first kappa shape index (κ1) is 15.4. The second-order valence-electron chi connectivity index (χ2n) is 5.40. The Labute approximate surface area is 117 Å². The summed E-state index contributed by atoms with van der Waals surface area (Å²) in [6.45, 7) is 9.78. The van der Waals surface area contributed by atoms with Crippen molar-refractivity contribution in [1.82, 2.24) is 0 Å². The second kappa shape index (κ2) is 7.04. The number of nitrogens with two attached hydrogens (primary N) is 1. The molecule has 0 unspecified atom stereocenters. The van der Waals surface area contributed by atoms with Crippen molar-refractivity contribution in [1.29, 1.82) is 5.26 Å². The third-order valence-electron chi connectivity index (χ3n) is 3.40. The van der Waals surface area contributed by atoms with Crippen LogP contribution in [0.4, 0.5) is 11.4 Å². The number of anilines is 2. The minimum atomic E-state index is 0.470. The van der Waals surface area contributed by atoms with Crippen LogP contribution in [0.3, 0.4) is 0 Å². The van der Waals surface area contributed by atoms with Crippen LogP contribution < -0.4 is 10.6 Å². The molecule has 0 amide bonds. The molecule has 0 saturated carbocycles. The summed E-state index contributed by atoms with van der Waals surface area (Å²) < 4.78 is 0. The Morgan fingerprint density at radius 1 is 1.26 bits per heavy atom. The maximum Gasteiger partial charge on any atom is 0.101 e. The van der Waals surface area contributed by atoms with Crippen molar-refractivity contribution < 1.29 is 0 Å². The zero-order valence-corrected chi connectivity index (χ0v) is 12.5. The Morgan fingerprint density at radius 3 is 2.37 bits per heavy atom. The van der Waals surface area contributed by atoms with Crippen LogP contribution in [-0.2, 0) is 0 Å². The molecule has 0 fully saturated rings. The minimum absolute atomic E-state index is 0.470. The Bertz CT molecular complexity index is 442. The zero-order chi connectivity index (χ0) is 14.4. The van der Waals surface area contributed by atoms with Gasteiger partial charge in [0, 0.05) is 18.3 Å². The molecule has 0 heterocycles. The molecule has 3 heteroatoms. The highest BCUT2D eigenvalue weighted by Gasteiger charge is 2.19. The molecule has 3 nitrogen and oxygen atoms in total. The van der Waals surface area contributed by atoms with Gasteiger partial charge in [-0.2, -0.15) is 5.26 Å². The summed E-state index contributed by atoms with van der Waals surface area (Å²) in [7, 11) is 0. The van der Waals surface area contributed by atoms with E-state index in [-0.39, 0.29) is 0 Å². The second-order valence-corrected chi connectivity index (χ2v) is 5.40. The van der Waals surface area contributed by atoms with E-state index < -0.39 is 0 Å². The fraction of sp³-hybridized carbons (Fsp3) is 0.562. The summed E-state index contributed by atoms with van der Waals surface area (Å²) in [6.07, 6.45) is 2.16. The van der Waals surface area contributed by atoms with Crippen molar-refractivity contribution in [2.24, 2.45) is 5.92 Å². The molecule has 0 aliphatic carbocycles. The van der Waals surface area contributed by atoms with Crippen LogP contribution in [0, 0.1) is 17.2 Å².